The Morgan fingerprint density at radius 1 is 1.04 bits per heavy atom. The number of rotatable bonds is 12. The number of benzene rings is 2. The van der Waals surface area contributed by atoms with E-state index in [1.165, 1.54) is 34.1 Å². The van der Waals surface area contributed by atoms with Crippen LogP contribution in [-0.2, 0) is 33.0 Å². The van der Waals surface area contributed by atoms with E-state index in [9.17, 15) is 19.8 Å². The molecule has 1 fully saturated rings. The van der Waals surface area contributed by atoms with Crippen molar-refractivity contribution in [1.29, 1.82) is 0 Å². The first-order chi connectivity index (χ1) is 21.2. The monoisotopic (exact) mass is 636 g/mol. The smallest absolute Gasteiger partial charge is 0.336 e. The van der Waals surface area contributed by atoms with Gasteiger partial charge in [0.1, 0.15) is 11.7 Å². The Balaban J connectivity index is 2.14. The molecule has 0 bridgehead atoms. The van der Waals surface area contributed by atoms with Gasteiger partial charge in [0, 0.05) is 33.1 Å². The van der Waals surface area contributed by atoms with E-state index in [0.29, 0.717) is 5.57 Å². The van der Waals surface area contributed by atoms with Crippen LogP contribution in [0.4, 0.5) is 0 Å². The normalized spacial score (nSPS) is 19.4. The average molecular weight is 637 g/mol. The second kappa shape index (κ2) is 15.1. The molecule has 45 heavy (non-hydrogen) atoms. The van der Waals surface area contributed by atoms with Crippen LogP contribution in [0.3, 0.4) is 0 Å². The second-order valence-electron chi connectivity index (χ2n) is 12.2. The van der Waals surface area contributed by atoms with Crippen molar-refractivity contribution in [3.05, 3.63) is 84.5 Å². The number of methoxy groups -OCH3 is 2. The van der Waals surface area contributed by atoms with Gasteiger partial charge in [0.15, 0.2) is 18.5 Å². The first kappa shape index (κ1) is 35.9. The van der Waals surface area contributed by atoms with Crippen molar-refractivity contribution in [2.75, 3.05) is 20.8 Å². The molecule has 3 unspecified atom stereocenters. The summed E-state index contributed by atoms with van der Waals surface area (Å²) in [6.07, 6.45) is -2.95. The van der Waals surface area contributed by atoms with E-state index >= 15 is 0 Å². The summed E-state index contributed by atoms with van der Waals surface area (Å²) in [6, 6.07) is 20.0. The zero-order valence-corrected chi connectivity index (χ0v) is 28.0. The van der Waals surface area contributed by atoms with Crippen LogP contribution in [0.25, 0.3) is 0 Å². The maximum Gasteiger partial charge on any atom is 0.336 e. The van der Waals surface area contributed by atoms with Crippen molar-refractivity contribution < 1.29 is 43.2 Å². The summed E-state index contributed by atoms with van der Waals surface area (Å²) in [5.74, 6) is 4.52. The Bertz CT molecular complexity index is 1370. The minimum Gasteiger partial charge on any atom is -0.452 e. The number of carbonyl (C=O) groups is 2. The standard InChI is InChI=1S/C35H44O9Si/c1-24-32(37)29(44-33(24)38)21-26(19-20-30(43-25(2)36)35(6,39)22-31(40-7)41-8)23-42-45(34(3,4)5,27-15-11-9-12-16-27)28-17-13-10-14-18-28/h9-18,21,29-32,37,39H,1,22-23H2,2-8H3/b26-21+/t29-,30?,32?,35?/m0/s1. The Morgan fingerprint density at radius 2 is 1.58 bits per heavy atom. The molecular weight excluding hydrogens is 592 g/mol. The number of aliphatic hydroxyl groups excluding tert-OH is 1. The third-order valence-corrected chi connectivity index (χ3v) is 12.7. The van der Waals surface area contributed by atoms with E-state index in [1.54, 1.807) is 0 Å². The molecule has 0 aliphatic carbocycles. The second-order valence-corrected chi connectivity index (χ2v) is 16.5. The molecule has 0 radical (unpaired) electrons. The third kappa shape index (κ3) is 8.58. The van der Waals surface area contributed by atoms with Gasteiger partial charge in [0.05, 0.1) is 12.2 Å². The van der Waals surface area contributed by atoms with Crippen LogP contribution in [0, 0.1) is 11.8 Å². The highest BCUT2D eigenvalue weighted by Gasteiger charge is 2.50. The molecule has 10 heteroatoms. The minimum atomic E-state index is -3.03. The van der Waals surface area contributed by atoms with Gasteiger partial charge in [0.2, 0.25) is 0 Å². The highest BCUT2D eigenvalue weighted by atomic mass is 28.4. The fourth-order valence-corrected chi connectivity index (χ4v) is 9.85. The van der Waals surface area contributed by atoms with Crippen LogP contribution in [0.5, 0.6) is 0 Å². The predicted molar refractivity (Wildman–Crippen MR) is 173 cm³/mol. The van der Waals surface area contributed by atoms with Gasteiger partial charge in [-0.1, -0.05) is 99.9 Å². The van der Waals surface area contributed by atoms with Crippen LogP contribution in [-0.4, -0.2) is 81.5 Å². The average Bonchev–Trinajstić information content (AvgIpc) is 3.24. The molecule has 2 aromatic carbocycles. The molecule has 2 N–H and O–H groups in total. The number of esters is 2. The van der Waals surface area contributed by atoms with Crippen LogP contribution in [0.2, 0.25) is 5.04 Å². The van der Waals surface area contributed by atoms with Crippen LogP contribution in [0.1, 0.15) is 41.0 Å². The third-order valence-electron chi connectivity index (χ3n) is 7.72. The first-order valence-electron chi connectivity index (χ1n) is 14.7. The number of ether oxygens (including phenoxy) is 4. The van der Waals surface area contributed by atoms with E-state index in [-0.39, 0.29) is 23.6 Å². The quantitative estimate of drug-likeness (QED) is 0.119. The predicted octanol–water partition coefficient (Wildman–Crippen LogP) is 3.03. The van der Waals surface area contributed by atoms with Crippen molar-refractivity contribution in [2.24, 2.45) is 0 Å². The number of hydrogen-bond donors (Lipinski definition) is 2. The highest BCUT2D eigenvalue weighted by Crippen LogP contribution is 2.37. The summed E-state index contributed by atoms with van der Waals surface area (Å²) in [6.45, 7) is 12.7. The van der Waals surface area contributed by atoms with E-state index in [4.69, 9.17) is 23.4 Å². The van der Waals surface area contributed by atoms with Gasteiger partial charge in [0.25, 0.3) is 8.32 Å². The maximum absolute atomic E-state index is 12.2. The first-order valence-corrected chi connectivity index (χ1v) is 16.6. The van der Waals surface area contributed by atoms with Crippen LogP contribution < -0.4 is 10.4 Å². The summed E-state index contributed by atoms with van der Waals surface area (Å²) in [5.41, 5.74) is -1.40. The molecular formula is C35H44O9Si. The minimum absolute atomic E-state index is 0.0404. The van der Waals surface area contributed by atoms with Gasteiger partial charge in [-0.2, -0.15) is 0 Å². The van der Waals surface area contributed by atoms with Crippen molar-refractivity contribution in [3.8, 4) is 11.8 Å². The summed E-state index contributed by atoms with van der Waals surface area (Å²) < 4.78 is 28.3. The van der Waals surface area contributed by atoms with Gasteiger partial charge >= 0.3 is 11.9 Å². The molecule has 0 aromatic heterocycles. The van der Waals surface area contributed by atoms with Crippen molar-refractivity contribution >= 4 is 30.6 Å². The van der Waals surface area contributed by atoms with Crippen LogP contribution in [0.15, 0.2) is 84.5 Å². The lowest BCUT2D eigenvalue weighted by atomic mass is 9.94. The Morgan fingerprint density at radius 3 is 2.00 bits per heavy atom. The molecule has 0 amide bonds. The number of hydrogen-bond acceptors (Lipinski definition) is 9. The van der Waals surface area contributed by atoms with Gasteiger partial charge in [-0.3, -0.25) is 4.79 Å². The highest BCUT2D eigenvalue weighted by molar-refractivity contribution is 6.99. The lowest BCUT2D eigenvalue weighted by Crippen LogP contribution is -2.66. The number of aliphatic hydroxyl groups is 2. The summed E-state index contributed by atoms with van der Waals surface area (Å²) in [7, 11) is -0.162. The molecule has 1 aliphatic rings. The zero-order chi connectivity index (χ0) is 33.4. The summed E-state index contributed by atoms with van der Waals surface area (Å²) in [4.78, 5) is 24.2. The number of carbonyl (C=O) groups excluding carboxylic acids is 2. The Hall–Kier alpha value is -3.56. The molecule has 9 nitrogen and oxygen atoms in total. The van der Waals surface area contributed by atoms with Crippen molar-refractivity contribution in [1.82, 2.24) is 0 Å². The lowest BCUT2D eigenvalue weighted by molar-refractivity contribution is -0.174. The Labute approximate surface area is 266 Å². The van der Waals surface area contributed by atoms with Gasteiger partial charge in [-0.15, -0.1) is 0 Å². The topological polar surface area (TPSA) is 121 Å². The number of cyclic esters (lactones) is 1. The van der Waals surface area contributed by atoms with Gasteiger partial charge < -0.3 is 33.6 Å². The molecule has 1 heterocycles. The van der Waals surface area contributed by atoms with E-state index in [0.717, 1.165) is 10.4 Å². The van der Waals surface area contributed by atoms with Gasteiger partial charge in [-0.05, 0) is 28.4 Å². The Kier molecular flexibility index (Phi) is 12.1. The lowest BCUT2D eigenvalue weighted by Gasteiger charge is -2.43. The molecule has 242 valence electrons. The van der Waals surface area contributed by atoms with Gasteiger partial charge in [-0.25, -0.2) is 4.79 Å². The molecule has 4 atom stereocenters. The molecule has 0 spiro atoms. The summed E-state index contributed by atoms with van der Waals surface area (Å²) in [5, 5.41) is 23.7. The zero-order valence-electron chi connectivity index (χ0n) is 27.0. The molecule has 2 aromatic rings. The van der Waals surface area contributed by atoms with Crippen LogP contribution >= 0.6 is 0 Å². The summed E-state index contributed by atoms with van der Waals surface area (Å²) >= 11 is 0. The SMILES string of the molecule is C=C1C(=O)O[C@@H](/C=C(\C#CC(OC(C)=O)C(C)(O)CC(OC)OC)CO[Si](c2ccccc2)(c2ccccc2)C(C)(C)C)C1O. The molecule has 3 rings (SSSR count). The molecule has 0 saturated carbocycles. The van der Waals surface area contributed by atoms with E-state index < -0.39 is 50.5 Å². The fraction of sp³-hybridized carbons (Fsp3) is 0.429. The molecule has 1 saturated heterocycles. The van der Waals surface area contributed by atoms with Crippen molar-refractivity contribution in [2.45, 2.75) is 76.3 Å². The largest absolute Gasteiger partial charge is 0.452 e. The van der Waals surface area contributed by atoms with Crippen molar-refractivity contribution in [3.63, 3.8) is 0 Å². The molecule has 1 aliphatic heterocycles. The maximum atomic E-state index is 12.2. The van der Waals surface area contributed by atoms with E-state index in [1.807, 2.05) is 36.4 Å². The fourth-order valence-electron chi connectivity index (χ4n) is 5.32. The van der Waals surface area contributed by atoms with E-state index in [2.05, 4.69) is 63.5 Å².